The number of anilines is 2. The van der Waals surface area contributed by atoms with Crippen LogP contribution in [0.15, 0.2) is 58.3 Å². The SMILES string of the molecule is O=C1CCC(=O)N1c1ccc(Sc2ccc(N3C(=O)CCC3=O)cc2)cc1. The maximum absolute atomic E-state index is 11.8. The van der Waals surface area contributed by atoms with E-state index in [1.165, 1.54) is 21.6 Å². The minimum atomic E-state index is -0.165. The second-order valence-corrected chi connectivity index (χ2v) is 7.48. The normalized spacial score (nSPS) is 17.3. The van der Waals surface area contributed by atoms with Crippen LogP contribution in [0.4, 0.5) is 11.4 Å². The summed E-state index contributed by atoms with van der Waals surface area (Å²) in [5.74, 6) is -0.659. The molecule has 0 saturated carbocycles. The molecule has 0 N–H and O–H groups in total. The molecule has 2 fully saturated rings. The van der Waals surface area contributed by atoms with Gasteiger partial charge in [0.2, 0.25) is 23.6 Å². The van der Waals surface area contributed by atoms with E-state index in [1.54, 1.807) is 24.3 Å². The van der Waals surface area contributed by atoms with Crippen molar-refractivity contribution in [3.05, 3.63) is 48.5 Å². The molecular weight excluding hydrogens is 364 g/mol. The number of nitrogens with zero attached hydrogens (tertiary/aromatic N) is 2. The number of rotatable bonds is 4. The molecule has 0 aliphatic carbocycles. The Balaban J connectivity index is 1.46. The summed E-state index contributed by atoms with van der Waals surface area (Å²) < 4.78 is 0. The molecule has 6 nitrogen and oxygen atoms in total. The molecule has 2 aliphatic heterocycles. The van der Waals surface area contributed by atoms with Crippen LogP contribution in [0.3, 0.4) is 0 Å². The number of hydrogen-bond donors (Lipinski definition) is 0. The number of carbonyl (C=O) groups excluding carboxylic acids is 4. The second kappa shape index (κ2) is 7.00. The van der Waals surface area contributed by atoms with Gasteiger partial charge < -0.3 is 0 Å². The molecule has 27 heavy (non-hydrogen) atoms. The highest BCUT2D eigenvalue weighted by Gasteiger charge is 2.31. The van der Waals surface area contributed by atoms with Crippen LogP contribution in [-0.2, 0) is 19.2 Å². The molecular formula is C20H16N2O4S. The molecule has 2 aromatic carbocycles. The van der Waals surface area contributed by atoms with Crippen LogP contribution in [0, 0.1) is 0 Å². The van der Waals surface area contributed by atoms with Crippen molar-refractivity contribution >= 4 is 46.8 Å². The van der Waals surface area contributed by atoms with E-state index in [0.29, 0.717) is 11.4 Å². The van der Waals surface area contributed by atoms with Gasteiger partial charge in [-0.3, -0.25) is 29.0 Å². The zero-order chi connectivity index (χ0) is 19.0. The van der Waals surface area contributed by atoms with E-state index < -0.39 is 0 Å². The minimum Gasteiger partial charge on any atom is -0.274 e. The number of hydrogen-bond acceptors (Lipinski definition) is 5. The lowest BCUT2D eigenvalue weighted by atomic mass is 10.3. The number of imide groups is 2. The molecule has 0 spiro atoms. The molecule has 0 unspecified atom stereocenters. The first kappa shape index (κ1) is 17.5. The van der Waals surface area contributed by atoms with Crippen LogP contribution in [0.5, 0.6) is 0 Å². The largest absolute Gasteiger partial charge is 0.274 e. The fourth-order valence-electron chi connectivity index (χ4n) is 3.19. The predicted octanol–water partition coefficient (Wildman–Crippen LogP) is 3.14. The molecule has 0 radical (unpaired) electrons. The Labute approximate surface area is 160 Å². The van der Waals surface area contributed by atoms with Crippen molar-refractivity contribution < 1.29 is 19.2 Å². The lowest BCUT2D eigenvalue weighted by Gasteiger charge is -2.15. The van der Waals surface area contributed by atoms with Gasteiger partial charge in [0.25, 0.3) is 0 Å². The summed E-state index contributed by atoms with van der Waals surface area (Å²) in [6, 6.07) is 14.5. The van der Waals surface area contributed by atoms with Gasteiger partial charge in [0.15, 0.2) is 0 Å². The second-order valence-electron chi connectivity index (χ2n) is 6.34. The lowest BCUT2D eigenvalue weighted by Crippen LogP contribution is -2.28. The van der Waals surface area contributed by atoms with E-state index in [0.717, 1.165) is 9.79 Å². The quantitative estimate of drug-likeness (QED) is 0.762. The van der Waals surface area contributed by atoms with Gasteiger partial charge in [-0.05, 0) is 48.5 Å². The highest BCUT2D eigenvalue weighted by molar-refractivity contribution is 7.99. The third-order valence-electron chi connectivity index (χ3n) is 4.53. The maximum atomic E-state index is 11.8. The molecule has 2 heterocycles. The summed E-state index contributed by atoms with van der Waals surface area (Å²) in [6.45, 7) is 0. The number of carbonyl (C=O) groups is 4. The van der Waals surface area contributed by atoms with E-state index >= 15 is 0 Å². The lowest BCUT2D eigenvalue weighted by molar-refractivity contribution is -0.122. The van der Waals surface area contributed by atoms with Gasteiger partial charge in [0.1, 0.15) is 0 Å². The van der Waals surface area contributed by atoms with Crippen molar-refractivity contribution in [1.29, 1.82) is 0 Å². The van der Waals surface area contributed by atoms with Gasteiger partial charge in [-0.1, -0.05) is 11.8 Å². The molecule has 2 aromatic rings. The van der Waals surface area contributed by atoms with Gasteiger partial charge in [0, 0.05) is 35.5 Å². The molecule has 136 valence electrons. The molecule has 4 rings (SSSR count). The summed E-state index contributed by atoms with van der Waals surface area (Å²) in [6.07, 6.45) is 1.07. The predicted molar refractivity (Wildman–Crippen MR) is 100 cm³/mol. The highest BCUT2D eigenvalue weighted by Crippen LogP contribution is 2.32. The Morgan fingerprint density at radius 1 is 0.519 bits per heavy atom. The van der Waals surface area contributed by atoms with E-state index in [9.17, 15) is 19.2 Å². The summed E-state index contributed by atoms with van der Waals surface area (Å²) in [7, 11) is 0. The first-order valence-electron chi connectivity index (χ1n) is 8.62. The Bertz CT molecular complexity index is 828. The molecule has 2 saturated heterocycles. The molecule has 2 aliphatic rings. The Kier molecular flexibility index (Phi) is 4.53. The summed E-state index contributed by atoms with van der Waals surface area (Å²) >= 11 is 1.52. The number of benzene rings is 2. The van der Waals surface area contributed by atoms with Crippen molar-refractivity contribution in [3.63, 3.8) is 0 Å². The fourth-order valence-corrected chi connectivity index (χ4v) is 4.01. The zero-order valence-corrected chi connectivity index (χ0v) is 15.2. The molecule has 7 heteroatoms. The Morgan fingerprint density at radius 3 is 1.11 bits per heavy atom. The summed E-state index contributed by atoms with van der Waals surface area (Å²) in [5.41, 5.74) is 1.18. The topological polar surface area (TPSA) is 74.8 Å². The van der Waals surface area contributed by atoms with E-state index in [1.807, 2.05) is 24.3 Å². The average molecular weight is 380 g/mol. The van der Waals surface area contributed by atoms with Crippen molar-refractivity contribution in [2.24, 2.45) is 0 Å². The standard InChI is InChI=1S/C20H16N2O4S/c23-17-9-10-18(24)21(17)13-1-5-15(6-2-13)27-16-7-3-14(4-8-16)22-19(25)11-12-20(22)26/h1-8H,9-12H2. The minimum absolute atomic E-state index is 0.165. The van der Waals surface area contributed by atoms with E-state index in [-0.39, 0.29) is 49.3 Å². The first-order valence-corrected chi connectivity index (χ1v) is 9.44. The van der Waals surface area contributed by atoms with Gasteiger partial charge in [-0.15, -0.1) is 0 Å². The van der Waals surface area contributed by atoms with Gasteiger partial charge in [0.05, 0.1) is 11.4 Å². The third-order valence-corrected chi connectivity index (χ3v) is 5.54. The fraction of sp³-hybridized carbons (Fsp3) is 0.200. The van der Waals surface area contributed by atoms with Crippen LogP contribution in [-0.4, -0.2) is 23.6 Å². The van der Waals surface area contributed by atoms with Crippen molar-refractivity contribution in [1.82, 2.24) is 0 Å². The number of amides is 4. The maximum Gasteiger partial charge on any atom is 0.234 e. The first-order chi connectivity index (χ1) is 13.0. The summed E-state index contributed by atoms with van der Waals surface area (Å²) in [4.78, 5) is 51.6. The molecule has 0 atom stereocenters. The molecule has 0 aromatic heterocycles. The van der Waals surface area contributed by atoms with Crippen LogP contribution in [0.25, 0.3) is 0 Å². The highest BCUT2D eigenvalue weighted by atomic mass is 32.2. The average Bonchev–Trinajstić information content (AvgIpc) is 3.18. The Hall–Kier alpha value is -2.93. The van der Waals surface area contributed by atoms with Gasteiger partial charge in [-0.25, -0.2) is 0 Å². The van der Waals surface area contributed by atoms with Crippen LogP contribution >= 0.6 is 11.8 Å². The van der Waals surface area contributed by atoms with E-state index in [4.69, 9.17) is 0 Å². The summed E-state index contributed by atoms with van der Waals surface area (Å²) in [5, 5.41) is 0. The van der Waals surface area contributed by atoms with Gasteiger partial charge >= 0.3 is 0 Å². The van der Waals surface area contributed by atoms with Gasteiger partial charge in [-0.2, -0.15) is 0 Å². The zero-order valence-electron chi connectivity index (χ0n) is 14.4. The smallest absolute Gasteiger partial charge is 0.234 e. The van der Waals surface area contributed by atoms with Crippen molar-refractivity contribution in [2.75, 3.05) is 9.80 Å². The van der Waals surface area contributed by atoms with Crippen LogP contribution in [0.2, 0.25) is 0 Å². The van der Waals surface area contributed by atoms with Crippen molar-refractivity contribution in [3.8, 4) is 0 Å². The third kappa shape index (κ3) is 3.38. The van der Waals surface area contributed by atoms with E-state index in [2.05, 4.69) is 0 Å². The van der Waals surface area contributed by atoms with Crippen LogP contribution in [0.1, 0.15) is 25.7 Å². The monoisotopic (exact) mass is 380 g/mol. The molecule has 4 amide bonds. The van der Waals surface area contributed by atoms with Crippen molar-refractivity contribution in [2.45, 2.75) is 35.5 Å². The Morgan fingerprint density at radius 2 is 0.815 bits per heavy atom. The van der Waals surface area contributed by atoms with Crippen LogP contribution < -0.4 is 9.80 Å². The molecule has 0 bridgehead atoms.